The van der Waals surface area contributed by atoms with E-state index < -0.39 is 0 Å². The van der Waals surface area contributed by atoms with Crippen molar-refractivity contribution < 1.29 is 9.53 Å². The maximum absolute atomic E-state index is 12.5. The van der Waals surface area contributed by atoms with Crippen LogP contribution in [-0.2, 0) is 4.79 Å². The Kier molecular flexibility index (Phi) is 6.90. The number of nitrogens with zero attached hydrogens (tertiary/aromatic N) is 4. The maximum Gasteiger partial charge on any atom is 0.233 e. The van der Waals surface area contributed by atoms with Crippen molar-refractivity contribution in [3.8, 4) is 17.1 Å². The largest absolute Gasteiger partial charge is 0.494 e. The Bertz CT molecular complexity index is 720. The summed E-state index contributed by atoms with van der Waals surface area (Å²) in [4.78, 5) is 14.3. The lowest BCUT2D eigenvalue weighted by Gasteiger charge is -2.30. The number of nitrogen functional groups attached to an aromatic ring is 1. The van der Waals surface area contributed by atoms with Gasteiger partial charge in [0.1, 0.15) is 5.75 Å². The van der Waals surface area contributed by atoms with Crippen molar-refractivity contribution in [3.63, 3.8) is 0 Å². The van der Waals surface area contributed by atoms with Crippen LogP contribution < -0.4 is 10.6 Å². The van der Waals surface area contributed by atoms with E-state index in [1.54, 1.807) is 0 Å². The number of ether oxygens (including phenoxy) is 1. The molecule has 0 spiro atoms. The molecule has 0 fully saturated rings. The predicted molar refractivity (Wildman–Crippen MR) is 105 cm³/mol. The minimum Gasteiger partial charge on any atom is -0.494 e. The Morgan fingerprint density at radius 2 is 1.81 bits per heavy atom. The summed E-state index contributed by atoms with van der Waals surface area (Å²) in [5, 5.41) is 8.79. The van der Waals surface area contributed by atoms with Crippen molar-refractivity contribution in [1.82, 2.24) is 19.8 Å². The molecule has 0 saturated carbocycles. The Balaban J connectivity index is 2.08. The number of aromatic nitrogens is 3. The lowest BCUT2D eigenvalue weighted by atomic mass is 10.2. The first-order valence-corrected chi connectivity index (χ1v) is 9.71. The van der Waals surface area contributed by atoms with E-state index in [9.17, 15) is 4.79 Å². The Hall–Kier alpha value is -2.22. The van der Waals surface area contributed by atoms with Gasteiger partial charge in [-0.2, -0.15) is 0 Å². The highest BCUT2D eigenvalue weighted by atomic mass is 32.2. The third-order valence-corrected chi connectivity index (χ3v) is 4.74. The molecule has 26 heavy (non-hydrogen) atoms. The molecule has 1 aromatic carbocycles. The van der Waals surface area contributed by atoms with Crippen LogP contribution in [0.15, 0.2) is 29.4 Å². The van der Waals surface area contributed by atoms with E-state index in [4.69, 9.17) is 10.6 Å². The van der Waals surface area contributed by atoms with E-state index in [0.29, 0.717) is 17.6 Å². The van der Waals surface area contributed by atoms with Gasteiger partial charge < -0.3 is 15.5 Å². The van der Waals surface area contributed by atoms with Gasteiger partial charge in [0.05, 0.1) is 12.4 Å². The SMILES string of the molecule is CCOc1ccc(-c2nnc(SCC(=O)N(C(C)C)C(C)C)n2N)cc1. The topological polar surface area (TPSA) is 86.3 Å². The minimum absolute atomic E-state index is 0.0608. The molecule has 2 rings (SSSR count). The molecule has 8 heteroatoms. The van der Waals surface area contributed by atoms with Gasteiger partial charge in [-0.25, -0.2) is 4.68 Å². The van der Waals surface area contributed by atoms with Crippen molar-refractivity contribution in [1.29, 1.82) is 0 Å². The lowest BCUT2D eigenvalue weighted by molar-refractivity contribution is -0.131. The van der Waals surface area contributed by atoms with E-state index in [-0.39, 0.29) is 23.7 Å². The lowest BCUT2D eigenvalue weighted by Crippen LogP contribution is -2.43. The molecule has 2 aromatic rings. The number of rotatable bonds is 8. The quantitative estimate of drug-likeness (QED) is 0.562. The van der Waals surface area contributed by atoms with Gasteiger partial charge in [-0.3, -0.25) is 4.79 Å². The van der Waals surface area contributed by atoms with Crippen molar-refractivity contribution in [2.24, 2.45) is 0 Å². The van der Waals surface area contributed by atoms with Gasteiger partial charge in [0, 0.05) is 17.6 Å². The summed E-state index contributed by atoms with van der Waals surface area (Å²) >= 11 is 1.29. The van der Waals surface area contributed by atoms with Crippen LogP contribution in [0.25, 0.3) is 11.4 Å². The number of thioether (sulfide) groups is 1. The number of amides is 1. The number of hydrogen-bond acceptors (Lipinski definition) is 6. The summed E-state index contributed by atoms with van der Waals surface area (Å²) in [5.74, 6) is 7.80. The van der Waals surface area contributed by atoms with Crippen molar-refractivity contribution in [2.45, 2.75) is 51.9 Å². The van der Waals surface area contributed by atoms with Crippen molar-refractivity contribution in [2.75, 3.05) is 18.2 Å². The fourth-order valence-electron chi connectivity index (χ4n) is 2.81. The van der Waals surface area contributed by atoms with E-state index in [0.717, 1.165) is 11.3 Å². The van der Waals surface area contributed by atoms with E-state index >= 15 is 0 Å². The first kappa shape index (κ1) is 20.1. The summed E-state index contributed by atoms with van der Waals surface area (Å²) in [6, 6.07) is 7.81. The van der Waals surface area contributed by atoms with E-state index in [2.05, 4.69) is 10.2 Å². The summed E-state index contributed by atoms with van der Waals surface area (Å²) < 4.78 is 6.86. The monoisotopic (exact) mass is 377 g/mol. The standard InChI is InChI=1S/C18H27N5O2S/c1-6-25-15-9-7-14(8-10-15)17-20-21-18(23(17)19)26-11-16(24)22(12(2)3)13(4)5/h7-10,12-13H,6,11,19H2,1-5H3. The van der Waals surface area contributed by atoms with Gasteiger partial charge >= 0.3 is 0 Å². The van der Waals surface area contributed by atoms with Crippen molar-refractivity contribution in [3.05, 3.63) is 24.3 Å². The molecule has 0 aliphatic rings. The maximum atomic E-state index is 12.5. The zero-order chi connectivity index (χ0) is 19.3. The summed E-state index contributed by atoms with van der Waals surface area (Å²) in [6.45, 7) is 10.6. The molecule has 0 radical (unpaired) electrons. The van der Waals surface area contributed by atoms with E-state index in [1.165, 1.54) is 16.4 Å². The van der Waals surface area contributed by atoms with Gasteiger partial charge in [-0.05, 0) is 58.9 Å². The zero-order valence-electron chi connectivity index (χ0n) is 16.0. The highest BCUT2D eigenvalue weighted by molar-refractivity contribution is 7.99. The minimum atomic E-state index is 0.0608. The molecule has 0 atom stereocenters. The summed E-state index contributed by atoms with van der Waals surface area (Å²) in [5.41, 5.74) is 0.840. The molecule has 0 saturated heterocycles. The Labute approximate surface area is 158 Å². The average Bonchev–Trinajstić information content (AvgIpc) is 2.94. The third-order valence-electron chi connectivity index (χ3n) is 3.81. The van der Waals surface area contributed by atoms with Crippen LogP contribution in [0.4, 0.5) is 0 Å². The van der Waals surface area contributed by atoms with E-state index in [1.807, 2.05) is 63.8 Å². The predicted octanol–water partition coefficient (Wildman–Crippen LogP) is 2.80. The number of carbonyl (C=O) groups is 1. The average molecular weight is 378 g/mol. The van der Waals surface area contributed by atoms with Crippen LogP contribution in [0, 0.1) is 0 Å². The molecule has 7 nitrogen and oxygen atoms in total. The summed E-state index contributed by atoms with van der Waals surface area (Å²) in [7, 11) is 0. The second-order valence-corrected chi connectivity index (χ2v) is 7.35. The second kappa shape index (κ2) is 8.93. The van der Waals surface area contributed by atoms with Crippen LogP contribution in [0.1, 0.15) is 34.6 Å². The van der Waals surface area contributed by atoms with Crippen LogP contribution in [0.3, 0.4) is 0 Å². The number of carbonyl (C=O) groups excluding carboxylic acids is 1. The van der Waals surface area contributed by atoms with Crippen LogP contribution in [0.5, 0.6) is 5.75 Å². The molecular formula is C18H27N5O2S. The van der Waals surface area contributed by atoms with Crippen LogP contribution in [-0.4, -0.2) is 50.1 Å². The highest BCUT2D eigenvalue weighted by Gasteiger charge is 2.21. The van der Waals surface area contributed by atoms with Gasteiger partial charge in [0.2, 0.25) is 11.1 Å². The molecule has 1 aromatic heterocycles. The Morgan fingerprint density at radius 1 is 1.19 bits per heavy atom. The molecule has 0 aliphatic heterocycles. The third kappa shape index (κ3) is 4.69. The molecule has 0 aliphatic carbocycles. The van der Waals surface area contributed by atoms with Crippen LogP contribution >= 0.6 is 11.8 Å². The molecule has 1 heterocycles. The number of hydrogen-bond donors (Lipinski definition) is 1. The van der Waals surface area contributed by atoms with Crippen molar-refractivity contribution >= 4 is 17.7 Å². The normalized spacial score (nSPS) is 11.2. The fourth-order valence-corrected chi connectivity index (χ4v) is 3.54. The summed E-state index contributed by atoms with van der Waals surface area (Å²) in [6.07, 6.45) is 0. The number of benzene rings is 1. The first-order chi connectivity index (χ1) is 12.3. The second-order valence-electron chi connectivity index (χ2n) is 6.41. The molecule has 0 bridgehead atoms. The van der Waals surface area contributed by atoms with Gasteiger partial charge in [-0.1, -0.05) is 11.8 Å². The fraction of sp³-hybridized carbons (Fsp3) is 0.500. The zero-order valence-corrected chi connectivity index (χ0v) is 16.8. The molecule has 1 amide bonds. The smallest absolute Gasteiger partial charge is 0.233 e. The molecular weight excluding hydrogens is 350 g/mol. The molecule has 0 unspecified atom stereocenters. The Morgan fingerprint density at radius 3 is 2.35 bits per heavy atom. The highest BCUT2D eigenvalue weighted by Crippen LogP contribution is 2.24. The number of nitrogens with two attached hydrogens (primary N) is 1. The van der Waals surface area contributed by atoms with Gasteiger partial charge in [0.15, 0.2) is 5.82 Å². The van der Waals surface area contributed by atoms with Gasteiger partial charge in [0.25, 0.3) is 0 Å². The van der Waals surface area contributed by atoms with Gasteiger partial charge in [-0.15, -0.1) is 10.2 Å². The molecule has 2 N–H and O–H groups in total. The van der Waals surface area contributed by atoms with Crippen LogP contribution in [0.2, 0.25) is 0 Å². The first-order valence-electron chi connectivity index (χ1n) is 8.72. The molecule has 142 valence electrons.